The van der Waals surface area contributed by atoms with Gasteiger partial charge in [0.15, 0.2) is 0 Å². The van der Waals surface area contributed by atoms with E-state index in [2.05, 4.69) is 5.32 Å². The number of sulfonamides is 2. The van der Waals surface area contributed by atoms with E-state index in [0.717, 1.165) is 6.26 Å². The van der Waals surface area contributed by atoms with Gasteiger partial charge in [-0.25, -0.2) is 16.8 Å². The molecule has 12 heteroatoms. The second-order valence-corrected chi connectivity index (χ2v) is 11.5. The standard InChI is InChI=1S/C22H29N3O7S2/c1-31-21-7-4-3-6-20(21)25(33(2,27)28)13-5-8-22(26)23-18-9-11-19(12-10-18)34(29,30)24-14-16-32-17-15-24/h3-4,6-7,9-12H,5,8,13-17H2,1-2H3,(H,23,26). The van der Waals surface area contributed by atoms with Gasteiger partial charge in [0.2, 0.25) is 26.0 Å². The number of methoxy groups -OCH3 is 1. The van der Waals surface area contributed by atoms with Gasteiger partial charge in [-0.15, -0.1) is 0 Å². The van der Waals surface area contributed by atoms with Crippen molar-refractivity contribution >= 4 is 37.3 Å². The molecule has 1 aliphatic rings. The predicted molar refractivity (Wildman–Crippen MR) is 129 cm³/mol. The van der Waals surface area contributed by atoms with Crippen LogP contribution in [-0.4, -0.2) is 73.3 Å². The molecule has 1 fully saturated rings. The van der Waals surface area contributed by atoms with Gasteiger partial charge in [-0.2, -0.15) is 4.31 Å². The quantitative estimate of drug-likeness (QED) is 0.517. The summed E-state index contributed by atoms with van der Waals surface area (Å²) in [5.41, 5.74) is 0.862. The largest absolute Gasteiger partial charge is 0.495 e. The molecule has 0 radical (unpaired) electrons. The van der Waals surface area contributed by atoms with E-state index in [-0.39, 0.29) is 30.2 Å². The molecule has 0 unspecified atom stereocenters. The smallest absolute Gasteiger partial charge is 0.243 e. The molecule has 0 aliphatic carbocycles. The fourth-order valence-corrected chi connectivity index (χ4v) is 5.93. The molecular weight excluding hydrogens is 482 g/mol. The van der Waals surface area contributed by atoms with Crippen LogP contribution >= 0.6 is 0 Å². The third kappa shape index (κ3) is 6.47. The highest BCUT2D eigenvalue weighted by atomic mass is 32.2. The van der Waals surface area contributed by atoms with Gasteiger partial charge in [0.25, 0.3) is 0 Å². The van der Waals surface area contributed by atoms with E-state index in [1.165, 1.54) is 40.0 Å². The molecule has 1 saturated heterocycles. The summed E-state index contributed by atoms with van der Waals surface area (Å²) in [6.45, 7) is 1.44. The number of morpholine rings is 1. The minimum absolute atomic E-state index is 0.0784. The number of amides is 1. The Morgan fingerprint density at radius 1 is 1.06 bits per heavy atom. The Morgan fingerprint density at radius 3 is 2.32 bits per heavy atom. The monoisotopic (exact) mass is 511 g/mol. The lowest BCUT2D eigenvalue weighted by Gasteiger charge is -2.26. The number of para-hydroxylation sites is 2. The molecule has 1 heterocycles. The number of carbonyl (C=O) groups excluding carboxylic acids is 1. The average Bonchev–Trinajstić information content (AvgIpc) is 2.82. The van der Waals surface area contributed by atoms with Gasteiger partial charge in [-0.3, -0.25) is 9.10 Å². The topological polar surface area (TPSA) is 122 Å². The number of carbonyl (C=O) groups is 1. The minimum atomic E-state index is -3.61. The summed E-state index contributed by atoms with van der Waals surface area (Å²) in [5, 5.41) is 2.71. The molecule has 3 rings (SSSR count). The highest BCUT2D eigenvalue weighted by molar-refractivity contribution is 7.92. The zero-order valence-electron chi connectivity index (χ0n) is 19.1. The Bertz CT molecular complexity index is 1190. The molecule has 0 aromatic heterocycles. The Morgan fingerprint density at radius 2 is 1.71 bits per heavy atom. The summed E-state index contributed by atoms with van der Waals surface area (Å²) in [4.78, 5) is 12.5. The molecule has 0 spiro atoms. The third-order valence-corrected chi connectivity index (χ3v) is 8.36. The van der Waals surface area contributed by atoms with Crippen molar-refractivity contribution in [2.45, 2.75) is 17.7 Å². The first kappa shape index (κ1) is 25.9. The Balaban J connectivity index is 1.58. The highest BCUT2D eigenvalue weighted by Crippen LogP contribution is 2.29. The van der Waals surface area contributed by atoms with E-state index in [9.17, 15) is 21.6 Å². The zero-order chi connectivity index (χ0) is 24.8. The lowest BCUT2D eigenvalue weighted by molar-refractivity contribution is -0.116. The van der Waals surface area contributed by atoms with Crippen molar-refractivity contribution < 1.29 is 31.1 Å². The first-order valence-electron chi connectivity index (χ1n) is 10.7. The summed E-state index contributed by atoms with van der Waals surface area (Å²) in [5.74, 6) is 0.113. The molecule has 1 N–H and O–H groups in total. The first-order valence-corrected chi connectivity index (χ1v) is 14.0. The molecule has 1 aliphatic heterocycles. The molecule has 2 aromatic rings. The maximum atomic E-state index is 12.7. The van der Waals surface area contributed by atoms with Crippen LogP contribution in [0, 0.1) is 0 Å². The van der Waals surface area contributed by atoms with Gasteiger partial charge in [0, 0.05) is 31.7 Å². The van der Waals surface area contributed by atoms with Crippen LogP contribution in [0.2, 0.25) is 0 Å². The van der Waals surface area contributed by atoms with Crippen LogP contribution in [0.5, 0.6) is 5.75 Å². The number of nitrogens with one attached hydrogen (secondary N) is 1. The van der Waals surface area contributed by atoms with Crippen molar-refractivity contribution in [3.05, 3.63) is 48.5 Å². The maximum absolute atomic E-state index is 12.7. The van der Waals surface area contributed by atoms with Crippen molar-refractivity contribution in [2.24, 2.45) is 0 Å². The van der Waals surface area contributed by atoms with Gasteiger partial charge in [0.05, 0.1) is 37.2 Å². The molecule has 0 saturated carbocycles. The van der Waals surface area contributed by atoms with E-state index < -0.39 is 20.0 Å². The molecular formula is C22H29N3O7S2. The van der Waals surface area contributed by atoms with Crippen LogP contribution in [0.15, 0.2) is 53.4 Å². The lowest BCUT2D eigenvalue weighted by atomic mass is 10.2. The number of ether oxygens (including phenoxy) is 2. The van der Waals surface area contributed by atoms with E-state index >= 15 is 0 Å². The van der Waals surface area contributed by atoms with Crippen LogP contribution < -0.4 is 14.4 Å². The van der Waals surface area contributed by atoms with Crippen LogP contribution in [-0.2, 0) is 29.6 Å². The normalized spacial score (nSPS) is 15.0. The van der Waals surface area contributed by atoms with E-state index in [4.69, 9.17) is 9.47 Å². The first-order chi connectivity index (χ1) is 16.1. The van der Waals surface area contributed by atoms with E-state index in [1.54, 1.807) is 24.3 Å². The molecule has 0 bridgehead atoms. The number of anilines is 2. The van der Waals surface area contributed by atoms with Gasteiger partial charge in [-0.1, -0.05) is 12.1 Å². The van der Waals surface area contributed by atoms with Crippen molar-refractivity contribution in [3.8, 4) is 5.75 Å². The number of hydrogen-bond donors (Lipinski definition) is 1. The number of hydrogen-bond acceptors (Lipinski definition) is 7. The van der Waals surface area contributed by atoms with E-state index in [0.29, 0.717) is 43.4 Å². The highest BCUT2D eigenvalue weighted by Gasteiger charge is 2.26. The van der Waals surface area contributed by atoms with Crippen molar-refractivity contribution in [2.75, 3.05) is 55.8 Å². The third-order valence-electron chi connectivity index (χ3n) is 5.27. The van der Waals surface area contributed by atoms with Crippen LogP contribution in [0.3, 0.4) is 0 Å². The summed E-state index contributed by atoms with van der Waals surface area (Å²) >= 11 is 0. The molecule has 0 atom stereocenters. The summed E-state index contributed by atoms with van der Waals surface area (Å²) < 4.78 is 63.0. The van der Waals surface area contributed by atoms with E-state index in [1.807, 2.05) is 0 Å². The molecule has 186 valence electrons. The summed E-state index contributed by atoms with van der Waals surface area (Å²) in [6, 6.07) is 12.7. The van der Waals surface area contributed by atoms with Crippen molar-refractivity contribution in [1.82, 2.24) is 4.31 Å². The lowest BCUT2D eigenvalue weighted by Crippen LogP contribution is -2.40. The van der Waals surface area contributed by atoms with Gasteiger partial charge in [-0.05, 0) is 42.8 Å². The minimum Gasteiger partial charge on any atom is -0.495 e. The van der Waals surface area contributed by atoms with Crippen molar-refractivity contribution in [3.63, 3.8) is 0 Å². The average molecular weight is 512 g/mol. The Labute approximate surface area is 200 Å². The molecule has 2 aromatic carbocycles. The fraction of sp³-hybridized carbons (Fsp3) is 0.409. The SMILES string of the molecule is COc1ccccc1N(CCCC(=O)Nc1ccc(S(=O)(=O)N2CCOCC2)cc1)S(C)(=O)=O. The maximum Gasteiger partial charge on any atom is 0.243 e. The second-order valence-electron chi connectivity index (χ2n) is 7.70. The number of rotatable bonds is 10. The van der Waals surface area contributed by atoms with Crippen LogP contribution in [0.4, 0.5) is 11.4 Å². The summed E-state index contributed by atoms with van der Waals surface area (Å²) in [7, 11) is -5.73. The van der Waals surface area contributed by atoms with Gasteiger partial charge >= 0.3 is 0 Å². The van der Waals surface area contributed by atoms with Crippen LogP contribution in [0.25, 0.3) is 0 Å². The Hall–Kier alpha value is -2.67. The zero-order valence-corrected chi connectivity index (χ0v) is 20.8. The second kappa shape index (κ2) is 11.2. The Kier molecular flexibility index (Phi) is 8.52. The molecule has 34 heavy (non-hydrogen) atoms. The number of nitrogens with zero attached hydrogens (tertiary/aromatic N) is 2. The summed E-state index contributed by atoms with van der Waals surface area (Å²) in [6.07, 6.45) is 1.46. The fourth-order valence-electron chi connectivity index (χ4n) is 3.55. The number of benzene rings is 2. The van der Waals surface area contributed by atoms with Gasteiger partial charge < -0.3 is 14.8 Å². The van der Waals surface area contributed by atoms with Crippen molar-refractivity contribution in [1.29, 1.82) is 0 Å². The van der Waals surface area contributed by atoms with Crippen LogP contribution in [0.1, 0.15) is 12.8 Å². The predicted octanol–water partition coefficient (Wildman–Crippen LogP) is 1.90. The van der Waals surface area contributed by atoms with Gasteiger partial charge in [0.1, 0.15) is 5.75 Å². The molecule has 1 amide bonds. The molecule has 10 nitrogen and oxygen atoms in total.